The number of fused-ring (bicyclic) bond motifs is 1. The smallest absolute Gasteiger partial charge is 0.332 e. The minimum Gasteiger partial charge on any atom is -0.349 e. The zero-order valence-corrected chi connectivity index (χ0v) is 12.3. The van der Waals surface area contributed by atoms with Gasteiger partial charge in [0.05, 0.1) is 5.54 Å². The molecule has 4 N–H and O–H groups in total. The van der Waals surface area contributed by atoms with Crippen LogP contribution in [-0.2, 0) is 14.1 Å². The van der Waals surface area contributed by atoms with Crippen LogP contribution in [-0.4, -0.2) is 31.2 Å². The summed E-state index contributed by atoms with van der Waals surface area (Å²) in [5.41, 5.74) is 5.65. The molecule has 2 heterocycles. The highest BCUT2D eigenvalue weighted by atomic mass is 16.2. The van der Waals surface area contributed by atoms with E-state index in [2.05, 4.69) is 15.3 Å². The van der Waals surface area contributed by atoms with Crippen LogP contribution >= 0.6 is 0 Å². The first-order valence-corrected chi connectivity index (χ1v) is 7.11. The summed E-state index contributed by atoms with van der Waals surface area (Å²) >= 11 is 0. The van der Waals surface area contributed by atoms with Crippen LogP contribution in [0.1, 0.15) is 25.7 Å². The average Bonchev–Trinajstić information content (AvgIpc) is 3.11. The van der Waals surface area contributed by atoms with Gasteiger partial charge in [0.2, 0.25) is 5.95 Å². The van der Waals surface area contributed by atoms with E-state index in [4.69, 9.17) is 5.73 Å². The van der Waals surface area contributed by atoms with E-state index < -0.39 is 0 Å². The van der Waals surface area contributed by atoms with Crippen LogP contribution in [0.3, 0.4) is 0 Å². The van der Waals surface area contributed by atoms with Crippen LogP contribution in [0.25, 0.3) is 11.2 Å². The Balaban J connectivity index is 2.10. The van der Waals surface area contributed by atoms with E-state index in [1.54, 1.807) is 7.05 Å². The van der Waals surface area contributed by atoms with Crippen molar-refractivity contribution in [3.8, 4) is 0 Å². The number of nitrogens with zero attached hydrogens (tertiary/aromatic N) is 3. The molecule has 1 fully saturated rings. The number of anilines is 1. The number of nitrogens with one attached hydrogen (secondary N) is 2. The fourth-order valence-corrected chi connectivity index (χ4v) is 3.07. The van der Waals surface area contributed by atoms with Crippen LogP contribution in [0.4, 0.5) is 5.95 Å². The lowest BCUT2D eigenvalue weighted by Gasteiger charge is -2.28. The number of nitrogens with two attached hydrogens (primary N) is 1. The van der Waals surface area contributed by atoms with Crippen LogP contribution < -0.4 is 22.3 Å². The number of hydrogen-bond donors (Lipinski definition) is 3. The summed E-state index contributed by atoms with van der Waals surface area (Å²) in [6.07, 6.45) is 4.23. The second-order valence-electron chi connectivity index (χ2n) is 5.81. The third-order valence-electron chi connectivity index (χ3n) is 4.43. The molecule has 0 atom stereocenters. The molecule has 0 saturated heterocycles. The van der Waals surface area contributed by atoms with Crippen molar-refractivity contribution in [2.24, 2.45) is 19.8 Å². The average molecular weight is 292 g/mol. The standard InChI is InChI=1S/C13H20N6O2/c1-18-9-8(10(20)19(2)12(18)21)15-11(16-9)17-13(7-14)5-3-4-6-13/h3-7,14H2,1-2H3,(H2,15,16,17). The first-order chi connectivity index (χ1) is 9.97. The quantitative estimate of drug-likeness (QED) is 0.715. The number of aryl methyl sites for hydroxylation is 1. The normalized spacial score (nSPS) is 17.5. The van der Waals surface area contributed by atoms with Crippen molar-refractivity contribution < 1.29 is 0 Å². The molecule has 0 aromatic carbocycles. The monoisotopic (exact) mass is 292 g/mol. The van der Waals surface area contributed by atoms with E-state index in [0.717, 1.165) is 30.3 Å². The Morgan fingerprint density at radius 3 is 2.57 bits per heavy atom. The summed E-state index contributed by atoms with van der Waals surface area (Å²) in [4.78, 5) is 31.4. The van der Waals surface area contributed by atoms with Gasteiger partial charge in [0, 0.05) is 20.6 Å². The van der Waals surface area contributed by atoms with Gasteiger partial charge in [0.25, 0.3) is 5.56 Å². The predicted octanol–water partition coefficient (Wildman–Crippen LogP) is -0.356. The highest BCUT2D eigenvalue weighted by Crippen LogP contribution is 2.31. The van der Waals surface area contributed by atoms with Gasteiger partial charge in [0.15, 0.2) is 11.2 Å². The first kappa shape index (κ1) is 13.9. The highest BCUT2D eigenvalue weighted by molar-refractivity contribution is 5.72. The SMILES string of the molecule is Cn1c(=O)c2[nH]c(NC3(CN)CCCC3)nc2n(C)c1=O. The molecular formula is C13H20N6O2. The molecule has 1 aliphatic carbocycles. The second kappa shape index (κ2) is 4.73. The van der Waals surface area contributed by atoms with Crippen molar-refractivity contribution in [3.63, 3.8) is 0 Å². The van der Waals surface area contributed by atoms with Gasteiger partial charge in [-0.2, -0.15) is 4.98 Å². The van der Waals surface area contributed by atoms with Crippen LogP contribution in [0.15, 0.2) is 9.59 Å². The number of aromatic amines is 1. The van der Waals surface area contributed by atoms with Crippen LogP contribution in [0.2, 0.25) is 0 Å². The van der Waals surface area contributed by atoms with Gasteiger partial charge in [0.1, 0.15) is 0 Å². The van der Waals surface area contributed by atoms with Crippen molar-refractivity contribution in [2.75, 3.05) is 11.9 Å². The molecular weight excluding hydrogens is 272 g/mol. The minimum absolute atomic E-state index is 0.169. The first-order valence-electron chi connectivity index (χ1n) is 7.11. The van der Waals surface area contributed by atoms with Gasteiger partial charge < -0.3 is 16.0 Å². The Morgan fingerprint density at radius 1 is 1.29 bits per heavy atom. The molecule has 8 heteroatoms. The third-order valence-corrected chi connectivity index (χ3v) is 4.43. The van der Waals surface area contributed by atoms with Crippen LogP contribution in [0, 0.1) is 0 Å². The van der Waals surface area contributed by atoms with Crippen molar-refractivity contribution in [3.05, 3.63) is 20.8 Å². The molecule has 0 radical (unpaired) electrons. The zero-order chi connectivity index (χ0) is 15.2. The molecule has 0 spiro atoms. The molecule has 21 heavy (non-hydrogen) atoms. The van der Waals surface area contributed by atoms with Gasteiger partial charge in [-0.1, -0.05) is 12.8 Å². The summed E-state index contributed by atoms with van der Waals surface area (Å²) in [5.74, 6) is 0.496. The number of hydrogen-bond acceptors (Lipinski definition) is 5. The van der Waals surface area contributed by atoms with Crippen molar-refractivity contribution in [1.29, 1.82) is 0 Å². The molecule has 2 aromatic heterocycles. The molecule has 0 bridgehead atoms. The van der Waals surface area contributed by atoms with E-state index in [1.807, 2.05) is 0 Å². The Hall–Kier alpha value is -2.09. The van der Waals surface area contributed by atoms with Crippen molar-refractivity contribution >= 4 is 17.1 Å². The maximum atomic E-state index is 12.1. The Labute approximate surface area is 121 Å². The maximum absolute atomic E-state index is 12.1. The molecule has 3 rings (SSSR count). The van der Waals surface area contributed by atoms with Gasteiger partial charge in [-0.25, -0.2) is 4.79 Å². The highest BCUT2D eigenvalue weighted by Gasteiger charge is 2.33. The lowest BCUT2D eigenvalue weighted by atomic mass is 9.98. The Morgan fingerprint density at radius 2 is 1.95 bits per heavy atom. The van der Waals surface area contributed by atoms with E-state index in [1.165, 1.54) is 11.6 Å². The summed E-state index contributed by atoms with van der Waals surface area (Å²) in [6, 6.07) is 0. The largest absolute Gasteiger partial charge is 0.349 e. The summed E-state index contributed by atoms with van der Waals surface area (Å²) < 4.78 is 2.43. The molecule has 1 aliphatic rings. The van der Waals surface area contributed by atoms with Gasteiger partial charge in [-0.15, -0.1) is 0 Å². The molecule has 0 amide bonds. The third kappa shape index (κ3) is 2.06. The fourth-order valence-electron chi connectivity index (χ4n) is 3.07. The number of imidazole rings is 1. The molecule has 0 aliphatic heterocycles. The number of H-pyrrole nitrogens is 1. The van der Waals surface area contributed by atoms with Crippen LogP contribution in [0.5, 0.6) is 0 Å². The van der Waals surface area contributed by atoms with E-state index in [-0.39, 0.29) is 16.8 Å². The summed E-state index contributed by atoms with van der Waals surface area (Å²) in [7, 11) is 3.05. The summed E-state index contributed by atoms with van der Waals surface area (Å²) in [5, 5.41) is 3.33. The lowest BCUT2D eigenvalue weighted by Crippen LogP contribution is -2.43. The van der Waals surface area contributed by atoms with E-state index >= 15 is 0 Å². The van der Waals surface area contributed by atoms with Crippen molar-refractivity contribution in [2.45, 2.75) is 31.2 Å². The zero-order valence-electron chi connectivity index (χ0n) is 12.3. The Bertz CT molecular complexity index is 793. The van der Waals surface area contributed by atoms with Gasteiger partial charge >= 0.3 is 5.69 Å². The van der Waals surface area contributed by atoms with E-state index in [9.17, 15) is 9.59 Å². The Kier molecular flexibility index (Phi) is 3.12. The maximum Gasteiger partial charge on any atom is 0.332 e. The lowest BCUT2D eigenvalue weighted by molar-refractivity contribution is 0.490. The molecule has 0 unspecified atom stereocenters. The molecule has 8 nitrogen and oxygen atoms in total. The van der Waals surface area contributed by atoms with E-state index in [0.29, 0.717) is 23.7 Å². The number of rotatable bonds is 3. The van der Waals surface area contributed by atoms with Gasteiger partial charge in [-0.05, 0) is 12.8 Å². The van der Waals surface area contributed by atoms with Gasteiger partial charge in [-0.3, -0.25) is 13.9 Å². The molecule has 2 aromatic rings. The second-order valence-corrected chi connectivity index (χ2v) is 5.81. The summed E-state index contributed by atoms with van der Waals surface area (Å²) in [6.45, 7) is 0.515. The predicted molar refractivity (Wildman–Crippen MR) is 80.5 cm³/mol. The fraction of sp³-hybridized carbons (Fsp3) is 0.615. The topological polar surface area (TPSA) is 111 Å². The molecule has 114 valence electrons. The number of aromatic nitrogens is 4. The molecule has 1 saturated carbocycles. The van der Waals surface area contributed by atoms with Crippen molar-refractivity contribution in [1.82, 2.24) is 19.1 Å². The minimum atomic E-state index is -0.389.